The first kappa shape index (κ1) is 43.2. The molecule has 5 aromatic rings. The number of halogens is 1. The number of aryl methyl sites for hydroxylation is 1. The molecule has 0 saturated carbocycles. The number of nitrogens with one attached hydrogen (secondary N) is 3. The number of piperazine rings is 1. The van der Waals surface area contributed by atoms with Crippen LogP contribution >= 0.6 is 11.3 Å². The van der Waals surface area contributed by atoms with E-state index in [2.05, 4.69) is 41.8 Å². The van der Waals surface area contributed by atoms with Gasteiger partial charge in [0.1, 0.15) is 12.0 Å². The van der Waals surface area contributed by atoms with Gasteiger partial charge in [-0.2, -0.15) is 5.26 Å². The van der Waals surface area contributed by atoms with Crippen molar-refractivity contribution >= 4 is 51.5 Å². The van der Waals surface area contributed by atoms with Crippen LogP contribution in [0.2, 0.25) is 0 Å². The van der Waals surface area contributed by atoms with Crippen LogP contribution in [0.4, 0.5) is 20.9 Å². The number of piperidine rings is 2. The molecule has 5 aliphatic heterocycles. The van der Waals surface area contributed by atoms with Gasteiger partial charge in [0.25, 0.3) is 11.8 Å². The molecule has 18 heteroatoms. The number of hydrogen-bond acceptors (Lipinski definition) is 12. The monoisotopic (exact) mass is 911 g/mol. The van der Waals surface area contributed by atoms with E-state index < -0.39 is 29.9 Å². The summed E-state index contributed by atoms with van der Waals surface area (Å²) in [5.74, 6) is -1.26. The van der Waals surface area contributed by atoms with E-state index in [0.29, 0.717) is 67.5 Å². The lowest BCUT2D eigenvalue weighted by Crippen LogP contribution is -2.51. The zero-order chi connectivity index (χ0) is 45.5. The Morgan fingerprint density at radius 3 is 2.50 bits per heavy atom. The third-order valence-electron chi connectivity index (χ3n) is 13.8. The van der Waals surface area contributed by atoms with E-state index in [1.807, 2.05) is 51.9 Å². The second kappa shape index (κ2) is 18.3. The van der Waals surface area contributed by atoms with Gasteiger partial charge in [0, 0.05) is 78.9 Å². The Labute approximate surface area is 385 Å². The Morgan fingerprint density at radius 2 is 1.76 bits per heavy atom. The molecule has 5 aliphatic rings. The lowest BCUT2D eigenvalue weighted by molar-refractivity contribution is -0.133. The average molecular weight is 912 g/mol. The van der Waals surface area contributed by atoms with Crippen molar-refractivity contribution in [3.05, 3.63) is 112 Å². The number of aliphatic hydroxyl groups is 1. The maximum absolute atomic E-state index is 16.0. The minimum atomic E-state index is -1.06. The van der Waals surface area contributed by atoms with E-state index in [4.69, 9.17) is 0 Å². The summed E-state index contributed by atoms with van der Waals surface area (Å²) < 4.78 is 18.0. The van der Waals surface area contributed by atoms with Gasteiger partial charge in [-0.3, -0.25) is 29.4 Å². The molecule has 10 rings (SSSR count). The highest BCUT2D eigenvalue weighted by molar-refractivity contribution is 7.13. The van der Waals surface area contributed by atoms with Gasteiger partial charge in [-0.1, -0.05) is 18.2 Å². The van der Waals surface area contributed by atoms with Crippen LogP contribution in [0.5, 0.6) is 0 Å². The maximum atomic E-state index is 16.0. The molecule has 4 N–H and O–H groups in total. The molecule has 3 aromatic carbocycles. The Kier molecular flexibility index (Phi) is 12.0. The summed E-state index contributed by atoms with van der Waals surface area (Å²) in [6, 6.07) is 17.6. The third kappa shape index (κ3) is 8.61. The predicted molar refractivity (Wildman–Crippen MR) is 245 cm³/mol. The highest BCUT2D eigenvalue weighted by Crippen LogP contribution is 2.39. The number of nitrogens with zero attached hydrogens (tertiary/aromatic N) is 8. The molecule has 3 atom stereocenters. The number of hydrogen-bond donors (Lipinski definition) is 4. The SMILES string of the molecule is N#Cc1cc(NC2CCC(=O)NC2O)ccc1C1CCN(CC(=O)N2CCN(c3ccc(-c4cc(F)c5c(c4)C(=O)N(C(C(=O)Nc4nccs4)c4ncn6c4CCC6)C5)cc3)CC2)CC1. The number of anilines is 3. The van der Waals surface area contributed by atoms with Gasteiger partial charge in [0.15, 0.2) is 11.2 Å². The van der Waals surface area contributed by atoms with Crippen LogP contribution in [0, 0.1) is 17.1 Å². The molecule has 0 spiro atoms. The number of imidazole rings is 1. The van der Waals surface area contributed by atoms with Crippen molar-refractivity contribution in [2.45, 2.75) is 75.8 Å². The summed E-state index contributed by atoms with van der Waals surface area (Å²) >= 11 is 1.27. The van der Waals surface area contributed by atoms with Crippen LogP contribution in [-0.4, -0.2) is 116 Å². The minimum Gasteiger partial charge on any atom is -0.378 e. The number of rotatable bonds is 11. The van der Waals surface area contributed by atoms with Crippen LogP contribution in [-0.2, 0) is 33.9 Å². The molecule has 0 radical (unpaired) electrons. The first-order chi connectivity index (χ1) is 32.1. The number of carbonyl (C=O) groups is 4. The fraction of sp³-hybridized carbons (Fsp3) is 0.396. The Bertz CT molecular complexity index is 2700. The molecule has 0 bridgehead atoms. The van der Waals surface area contributed by atoms with Crippen molar-refractivity contribution in [3.63, 3.8) is 0 Å². The van der Waals surface area contributed by atoms with E-state index in [0.717, 1.165) is 73.5 Å². The third-order valence-corrected chi connectivity index (χ3v) is 14.5. The Morgan fingerprint density at radius 1 is 0.955 bits per heavy atom. The molecule has 7 heterocycles. The molecule has 0 aliphatic carbocycles. The fourth-order valence-corrected chi connectivity index (χ4v) is 10.7. The minimum absolute atomic E-state index is 0.0637. The van der Waals surface area contributed by atoms with E-state index in [1.54, 1.807) is 24.0 Å². The number of amides is 4. The van der Waals surface area contributed by atoms with Crippen molar-refractivity contribution < 1.29 is 28.7 Å². The highest BCUT2D eigenvalue weighted by Gasteiger charge is 2.42. The zero-order valence-corrected chi connectivity index (χ0v) is 37.1. The molecule has 3 fully saturated rings. The normalized spacial score (nSPS) is 20.4. The van der Waals surface area contributed by atoms with Gasteiger partial charge in [0.05, 0.1) is 42.8 Å². The maximum Gasteiger partial charge on any atom is 0.255 e. The van der Waals surface area contributed by atoms with Crippen molar-refractivity contribution in [1.82, 2.24) is 34.6 Å². The topological polar surface area (TPSA) is 192 Å². The summed E-state index contributed by atoms with van der Waals surface area (Å²) in [6.07, 6.45) is 6.46. The second-order valence-corrected chi connectivity index (χ2v) is 18.6. The van der Waals surface area contributed by atoms with E-state index in [1.165, 1.54) is 22.3 Å². The van der Waals surface area contributed by atoms with Crippen LogP contribution in [0.25, 0.3) is 11.1 Å². The quantitative estimate of drug-likeness (QED) is 0.142. The number of carbonyl (C=O) groups excluding carboxylic acids is 4. The van der Waals surface area contributed by atoms with E-state index >= 15 is 4.39 Å². The van der Waals surface area contributed by atoms with Crippen LogP contribution in [0.15, 0.2) is 72.5 Å². The van der Waals surface area contributed by atoms with Gasteiger partial charge in [0.2, 0.25) is 11.8 Å². The van der Waals surface area contributed by atoms with Crippen LogP contribution < -0.4 is 20.9 Å². The highest BCUT2D eigenvalue weighted by atomic mass is 32.1. The van der Waals surface area contributed by atoms with Crippen molar-refractivity contribution in [3.8, 4) is 17.2 Å². The Balaban J connectivity index is 0.728. The van der Waals surface area contributed by atoms with Gasteiger partial charge < -0.3 is 35.0 Å². The summed E-state index contributed by atoms with van der Waals surface area (Å²) in [7, 11) is 0. The lowest BCUT2D eigenvalue weighted by Gasteiger charge is -2.38. The number of thiazole rings is 1. The van der Waals surface area contributed by atoms with Gasteiger partial charge >= 0.3 is 0 Å². The summed E-state index contributed by atoms with van der Waals surface area (Å²) in [5, 5.41) is 31.0. The van der Waals surface area contributed by atoms with Gasteiger partial charge in [-0.15, -0.1) is 11.3 Å². The first-order valence-corrected chi connectivity index (χ1v) is 23.5. The molecule has 340 valence electrons. The number of likely N-dealkylation sites (tertiary alicyclic amines) is 1. The van der Waals surface area contributed by atoms with Crippen molar-refractivity contribution in [2.75, 3.05) is 61.3 Å². The number of fused-ring (bicyclic) bond motifs is 2. The molecule has 4 amide bonds. The number of aliphatic hydroxyl groups excluding tert-OH is 1. The van der Waals surface area contributed by atoms with E-state index in [9.17, 15) is 29.5 Å². The smallest absolute Gasteiger partial charge is 0.255 e. The predicted octanol–water partition coefficient (Wildman–Crippen LogP) is 4.84. The Hall–Kier alpha value is -6.68. The van der Waals surface area contributed by atoms with Crippen molar-refractivity contribution in [1.29, 1.82) is 5.26 Å². The fourth-order valence-electron chi connectivity index (χ4n) is 10.2. The van der Waals surface area contributed by atoms with Crippen molar-refractivity contribution in [2.24, 2.45) is 0 Å². The lowest BCUT2D eigenvalue weighted by atomic mass is 9.86. The molecular formula is C48H50FN11O5S. The van der Waals surface area contributed by atoms with Gasteiger partial charge in [-0.25, -0.2) is 14.4 Å². The number of benzene rings is 3. The summed E-state index contributed by atoms with van der Waals surface area (Å²) in [6.45, 7) is 5.08. The standard InChI is InChI=1S/C48H50FN11O5S/c49-38-24-31(23-36-37(38)26-60(47(36)65)44(46(64)55-48-51-13-21-66-48)43-40-2-1-14-59(40)28-52-43)29-3-6-34(7-4-29)57-17-19-58(20-18-57)42(62)27-56-15-11-30(12-16-56)35-8-5-33(22-32(35)25-50)53-39-9-10-41(61)54-45(39)63/h3-8,13,21-24,28,30,39,44-45,53,63H,1-2,9-12,14-20,26-27H2,(H,54,61)(H,51,55,64). The average Bonchev–Trinajstić information content (AvgIpc) is 4.16. The zero-order valence-electron chi connectivity index (χ0n) is 36.3. The molecule has 3 unspecified atom stereocenters. The molecular weight excluding hydrogens is 862 g/mol. The second-order valence-electron chi connectivity index (χ2n) is 17.7. The van der Waals surface area contributed by atoms with Crippen LogP contribution in [0.1, 0.15) is 82.5 Å². The summed E-state index contributed by atoms with van der Waals surface area (Å²) in [4.78, 5) is 69.6. The largest absolute Gasteiger partial charge is 0.378 e. The molecule has 16 nitrogen and oxygen atoms in total. The summed E-state index contributed by atoms with van der Waals surface area (Å²) in [5.41, 5.74) is 6.49. The van der Waals surface area contributed by atoms with Crippen LogP contribution in [0.3, 0.4) is 0 Å². The molecule has 66 heavy (non-hydrogen) atoms. The molecule has 3 saturated heterocycles. The van der Waals surface area contributed by atoms with Gasteiger partial charge in [-0.05, 0) is 104 Å². The number of nitriles is 1. The van der Waals surface area contributed by atoms with E-state index in [-0.39, 0.29) is 41.4 Å². The number of aromatic nitrogens is 3. The first-order valence-electron chi connectivity index (χ1n) is 22.6. The molecule has 2 aromatic heterocycles.